The Morgan fingerprint density at radius 3 is 2.30 bits per heavy atom. The molecule has 0 heterocycles. The largest absolute Gasteiger partial charge is 0.0847 e. The van der Waals surface area contributed by atoms with Gasteiger partial charge in [0.15, 0.2) is 0 Å². The number of hydrogen-bond donors (Lipinski definition) is 0. The highest BCUT2D eigenvalue weighted by atomic mass is 127. The van der Waals surface area contributed by atoms with E-state index < -0.39 is 0 Å². The lowest BCUT2D eigenvalue weighted by Gasteiger charge is -1.96. The van der Waals surface area contributed by atoms with Crippen LogP contribution in [-0.4, -0.2) is 7.85 Å². The van der Waals surface area contributed by atoms with Crippen molar-refractivity contribution in [3.8, 4) is 0 Å². The second kappa shape index (κ2) is 4.01. The molecule has 0 spiro atoms. The van der Waals surface area contributed by atoms with Crippen LogP contribution in [0.4, 0.5) is 0 Å². The Hall–Kier alpha value is 0.0149. The molecule has 2 radical (unpaired) electrons. The molecule has 1 aromatic carbocycles. The van der Waals surface area contributed by atoms with Crippen LogP contribution in [0.2, 0.25) is 6.32 Å². The van der Waals surface area contributed by atoms with Gasteiger partial charge in [-0.1, -0.05) is 18.5 Å². The van der Waals surface area contributed by atoms with Gasteiger partial charge in [-0.25, -0.2) is 0 Å². The van der Waals surface area contributed by atoms with E-state index in [1.54, 1.807) is 0 Å². The summed E-state index contributed by atoms with van der Waals surface area (Å²) >= 11 is 2.29. The maximum atomic E-state index is 5.40. The van der Waals surface area contributed by atoms with Crippen LogP contribution in [-0.2, 0) is 6.42 Å². The maximum Gasteiger partial charge on any atom is 0.0657 e. The average molecular weight is 242 g/mol. The lowest BCUT2D eigenvalue weighted by Crippen LogP contribution is -1.82. The lowest BCUT2D eigenvalue weighted by atomic mass is 9.98. The summed E-state index contributed by atoms with van der Waals surface area (Å²) in [5.74, 6) is 0. The lowest BCUT2D eigenvalue weighted by molar-refractivity contribution is 1.13. The fraction of sp³-hybridized carbons (Fsp3) is 0.250. The molecule has 10 heavy (non-hydrogen) atoms. The predicted molar refractivity (Wildman–Crippen MR) is 53.4 cm³/mol. The topological polar surface area (TPSA) is 0 Å². The van der Waals surface area contributed by atoms with Gasteiger partial charge in [0.25, 0.3) is 0 Å². The third-order valence-electron chi connectivity index (χ3n) is 1.35. The van der Waals surface area contributed by atoms with Crippen molar-refractivity contribution in [2.75, 3.05) is 0 Å². The zero-order chi connectivity index (χ0) is 7.40. The molecular formula is C8H8BI. The average Bonchev–Trinajstić information content (AvgIpc) is 1.95. The summed E-state index contributed by atoms with van der Waals surface area (Å²) in [6.07, 6.45) is 1.72. The fourth-order valence-corrected chi connectivity index (χ4v) is 1.18. The molecule has 2 heteroatoms. The molecule has 0 saturated heterocycles. The van der Waals surface area contributed by atoms with Crippen LogP contribution in [0.3, 0.4) is 0 Å². The molecule has 0 fully saturated rings. The molecule has 0 unspecified atom stereocenters. The first-order valence-electron chi connectivity index (χ1n) is 3.27. The summed E-state index contributed by atoms with van der Waals surface area (Å²) in [5, 5.41) is 0. The third-order valence-corrected chi connectivity index (χ3v) is 2.07. The first-order valence-corrected chi connectivity index (χ1v) is 4.35. The number of halogens is 1. The summed E-state index contributed by atoms with van der Waals surface area (Å²) in [4.78, 5) is 0. The Labute approximate surface area is 76.6 Å². The molecule has 1 aromatic rings. The van der Waals surface area contributed by atoms with Crippen molar-refractivity contribution in [3.05, 3.63) is 33.4 Å². The summed E-state index contributed by atoms with van der Waals surface area (Å²) < 4.78 is 1.28. The van der Waals surface area contributed by atoms with Crippen molar-refractivity contribution >= 4 is 30.4 Å². The van der Waals surface area contributed by atoms with Crippen molar-refractivity contribution < 1.29 is 0 Å². The minimum Gasteiger partial charge on any atom is -0.0847 e. The van der Waals surface area contributed by atoms with E-state index in [1.807, 2.05) is 0 Å². The van der Waals surface area contributed by atoms with E-state index in [0.29, 0.717) is 0 Å². The SMILES string of the molecule is [B]CCc1ccc(I)cc1. The Balaban J connectivity index is 2.69. The molecule has 0 atom stereocenters. The molecule has 0 aromatic heterocycles. The van der Waals surface area contributed by atoms with Gasteiger partial charge in [0.05, 0.1) is 7.85 Å². The van der Waals surface area contributed by atoms with E-state index in [2.05, 4.69) is 46.9 Å². The highest BCUT2D eigenvalue weighted by molar-refractivity contribution is 14.1. The summed E-state index contributed by atoms with van der Waals surface area (Å²) in [7, 11) is 5.40. The molecule has 0 saturated carbocycles. The molecule has 0 amide bonds. The van der Waals surface area contributed by atoms with Crippen LogP contribution in [0.5, 0.6) is 0 Å². The van der Waals surface area contributed by atoms with Gasteiger partial charge in [-0.3, -0.25) is 0 Å². The van der Waals surface area contributed by atoms with Crippen molar-refractivity contribution in [1.29, 1.82) is 0 Å². The minimum absolute atomic E-state index is 0.737. The van der Waals surface area contributed by atoms with Gasteiger partial charge in [-0.15, -0.1) is 0 Å². The van der Waals surface area contributed by atoms with E-state index in [9.17, 15) is 0 Å². The van der Waals surface area contributed by atoms with E-state index >= 15 is 0 Å². The number of benzene rings is 1. The second-order valence-corrected chi connectivity index (χ2v) is 3.41. The molecule has 0 aliphatic carbocycles. The van der Waals surface area contributed by atoms with Gasteiger partial charge in [-0.2, -0.15) is 0 Å². The Morgan fingerprint density at radius 2 is 1.80 bits per heavy atom. The highest BCUT2D eigenvalue weighted by Crippen LogP contribution is 2.07. The van der Waals surface area contributed by atoms with Gasteiger partial charge in [0, 0.05) is 3.57 Å². The van der Waals surface area contributed by atoms with Crippen LogP contribution >= 0.6 is 22.6 Å². The van der Waals surface area contributed by atoms with Crippen LogP contribution in [0.15, 0.2) is 24.3 Å². The molecule has 0 nitrogen and oxygen atoms in total. The third kappa shape index (κ3) is 2.33. The monoisotopic (exact) mass is 242 g/mol. The molecular weight excluding hydrogens is 234 g/mol. The van der Waals surface area contributed by atoms with Gasteiger partial charge in [0.1, 0.15) is 0 Å². The minimum atomic E-state index is 0.737. The van der Waals surface area contributed by atoms with Crippen molar-refractivity contribution in [2.24, 2.45) is 0 Å². The standard InChI is InChI=1S/C8H8BI/c9-6-5-7-1-3-8(10)4-2-7/h1-4H,5-6H2. The predicted octanol–water partition coefficient (Wildman–Crippen LogP) is 2.42. The summed E-state index contributed by atoms with van der Waals surface area (Å²) in [6, 6.07) is 8.44. The van der Waals surface area contributed by atoms with Gasteiger partial charge in [0.2, 0.25) is 0 Å². The zero-order valence-corrected chi connectivity index (χ0v) is 7.84. The van der Waals surface area contributed by atoms with Crippen molar-refractivity contribution in [1.82, 2.24) is 0 Å². The second-order valence-electron chi connectivity index (χ2n) is 2.17. The number of rotatable bonds is 2. The number of hydrogen-bond acceptors (Lipinski definition) is 0. The maximum absolute atomic E-state index is 5.40. The van der Waals surface area contributed by atoms with Crippen LogP contribution in [0.1, 0.15) is 5.56 Å². The number of aryl methyl sites for hydroxylation is 1. The van der Waals surface area contributed by atoms with Crippen LogP contribution < -0.4 is 0 Å². The van der Waals surface area contributed by atoms with Crippen LogP contribution in [0, 0.1) is 3.57 Å². The van der Waals surface area contributed by atoms with E-state index in [4.69, 9.17) is 7.85 Å². The highest BCUT2D eigenvalue weighted by Gasteiger charge is 1.88. The molecule has 0 aliphatic rings. The van der Waals surface area contributed by atoms with Crippen molar-refractivity contribution in [3.63, 3.8) is 0 Å². The molecule has 0 bridgehead atoms. The van der Waals surface area contributed by atoms with E-state index in [-0.39, 0.29) is 0 Å². The van der Waals surface area contributed by atoms with Crippen LogP contribution in [0.25, 0.3) is 0 Å². The Kier molecular flexibility index (Phi) is 3.26. The zero-order valence-electron chi connectivity index (χ0n) is 5.68. The summed E-state index contributed by atoms with van der Waals surface area (Å²) in [6.45, 7) is 0. The smallest absolute Gasteiger partial charge is 0.0657 e. The fourth-order valence-electron chi connectivity index (χ4n) is 0.818. The van der Waals surface area contributed by atoms with E-state index in [0.717, 1.165) is 12.7 Å². The van der Waals surface area contributed by atoms with E-state index in [1.165, 1.54) is 9.13 Å². The first kappa shape index (κ1) is 8.11. The molecule has 0 N–H and O–H groups in total. The molecule has 50 valence electrons. The van der Waals surface area contributed by atoms with Gasteiger partial charge < -0.3 is 0 Å². The Bertz CT molecular complexity index is 193. The van der Waals surface area contributed by atoms with Gasteiger partial charge >= 0.3 is 0 Å². The Morgan fingerprint density at radius 1 is 1.20 bits per heavy atom. The van der Waals surface area contributed by atoms with Gasteiger partial charge in [-0.05, 0) is 46.7 Å². The summed E-state index contributed by atoms with van der Waals surface area (Å²) in [5.41, 5.74) is 1.32. The molecule has 0 aliphatic heterocycles. The quantitative estimate of drug-likeness (QED) is 0.551. The molecule has 1 rings (SSSR count). The normalized spacial score (nSPS) is 9.70. The first-order chi connectivity index (χ1) is 4.83. The van der Waals surface area contributed by atoms with Crippen molar-refractivity contribution in [2.45, 2.75) is 12.7 Å².